The minimum atomic E-state index is -0.791. The number of halogens is 2. The van der Waals surface area contributed by atoms with Crippen LogP contribution in [0.2, 0.25) is 0 Å². The van der Waals surface area contributed by atoms with Crippen LogP contribution in [-0.2, 0) is 0 Å². The number of hydrogen-bond donors (Lipinski definition) is 0. The lowest BCUT2D eigenvalue weighted by Gasteiger charge is -2.25. The van der Waals surface area contributed by atoms with Gasteiger partial charge in [-0.1, -0.05) is 6.92 Å². The molecule has 0 aliphatic rings. The van der Waals surface area contributed by atoms with E-state index in [1.165, 1.54) is 6.07 Å². The molecule has 0 spiro atoms. The largest absolute Gasteiger partial charge is 0.293 e. The highest BCUT2D eigenvalue weighted by Gasteiger charge is 2.17. The third kappa shape index (κ3) is 3.88. The van der Waals surface area contributed by atoms with Crippen molar-refractivity contribution in [3.8, 4) is 0 Å². The first kappa shape index (κ1) is 14.8. The van der Waals surface area contributed by atoms with Gasteiger partial charge in [-0.2, -0.15) is 0 Å². The van der Waals surface area contributed by atoms with Crippen LogP contribution in [0.1, 0.15) is 37.6 Å². The molecular weight excluding hydrogens is 236 g/mol. The van der Waals surface area contributed by atoms with Crippen molar-refractivity contribution < 1.29 is 13.6 Å². The maximum absolute atomic E-state index is 13.5. The lowest BCUT2D eigenvalue weighted by Crippen LogP contribution is -2.36. The van der Waals surface area contributed by atoms with E-state index in [2.05, 4.69) is 0 Å². The van der Waals surface area contributed by atoms with Crippen molar-refractivity contribution in [1.29, 1.82) is 0 Å². The molecule has 0 N–H and O–H groups in total. The van der Waals surface area contributed by atoms with Gasteiger partial charge in [-0.25, -0.2) is 8.78 Å². The van der Waals surface area contributed by atoms with Gasteiger partial charge in [0.25, 0.3) is 0 Å². The fourth-order valence-electron chi connectivity index (χ4n) is 1.79. The predicted octanol–water partition coefficient (Wildman–Crippen LogP) is 3.27. The summed E-state index contributed by atoms with van der Waals surface area (Å²) in [6, 6.07) is 3.28. The molecule has 0 aliphatic carbocycles. The zero-order valence-corrected chi connectivity index (χ0v) is 11.0. The smallest absolute Gasteiger partial charge is 0.179 e. The molecule has 0 heterocycles. The maximum atomic E-state index is 13.5. The molecule has 0 atom stereocenters. The number of nitrogens with zero attached hydrogens (tertiary/aromatic N) is 1. The average molecular weight is 255 g/mol. The first-order valence-corrected chi connectivity index (χ1v) is 6.18. The Bertz CT molecular complexity index is 418. The Morgan fingerprint density at radius 2 is 2.00 bits per heavy atom. The van der Waals surface area contributed by atoms with Crippen LogP contribution >= 0.6 is 0 Å². The van der Waals surface area contributed by atoms with Gasteiger partial charge < -0.3 is 0 Å². The molecular formula is C14H19F2NO. The second-order valence-electron chi connectivity index (χ2n) is 4.61. The summed E-state index contributed by atoms with van der Waals surface area (Å²) in [5.41, 5.74) is -0.0434. The molecule has 1 aromatic carbocycles. The van der Waals surface area contributed by atoms with Crippen LogP contribution in [0.5, 0.6) is 0 Å². The Kier molecular flexibility index (Phi) is 5.41. The van der Waals surface area contributed by atoms with E-state index < -0.39 is 11.6 Å². The molecule has 0 saturated heterocycles. The first-order chi connectivity index (χ1) is 8.45. The minimum absolute atomic E-state index is 0.0434. The Balaban J connectivity index is 2.80. The summed E-state index contributed by atoms with van der Waals surface area (Å²) < 4.78 is 26.2. The van der Waals surface area contributed by atoms with Crippen molar-refractivity contribution in [3.05, 3.63) is 35.4 Å². The van der Waals surface area contributed by atoms with Crippen molar-refractivity contribution in [3.63, 3.8) is 0 Å². The fraction of sp³-hybridized carbons (Fsp3) is 0.500. The van der Waals surface area contributed by atoms with Crippen molar-refractivity contribution in [2.45, 2.75) is 33.2 Å². The quantitative estimate of drug-likeness (QED) is 0.727. The highest BCUT2D eigenvalue weighted by molar-refractivity contribution is 5.97. The lowest BCUT2D eigenvalue weighted by atomic mass is 10.1. The summed E-state index contributed by atoms with van der Waals surface area (Å²) in [7, 11) is 0. The van der Waals surface area contributed by atoms with Gasteiger partial charge in [0.15, 0.2) is 5.78 Å². The van der Waals surface area contributed by atoms with Gasteiger partial charge >= 0.3 is 0 Å². The summed E-state index contributed by atoms with van der Waals surface area (Å²) in [5.74, 6) is -1.77. The zero-order chi connectivity index (χ0) is 13.7. The monoisotopic (exact) mass is 255 g/mol. The van der Waals surface area contributed by atoms with Gasteiger partial charge in [-0.05, 0) is 38.9 Å². The molecule has 0 aliphatic heterocycles. The van der Waals surface area contributed by atoms with Crippen LogP contribution in [0.3, 0.4) is 0 Å². The number of ketones is 1. The van der Waals surface area contributed by atoms with Crippen LogP contribution in [0, 0.1) is 11.6 Å². The highest BCUT2D eigenvalue weighted by Crippen LogP contribution is 2.12. The van der Waals surface area contributed by atoms with Crippen molar-refractivity contribution in [1.82, 2.24) is 4.90 Å². The molecule has 0 fully saturated rings. The number of hydrogen-bond acceptors (Lipinski definition) is 2. The number of benzene rings is 1. The van der Waals surface area contributed by atoms with Crippen LogP contribution in [0.25, 0.3) is 0 Å². The molecule has 1 rings (SSSR count). The number of rotatable bonds is 6. The second kappa shape index (κ2) is 6.59. The van der Waals surface area contributed by atoms with Gasteiger partial charge in [0, 0.05) is 12.1 Å². The Labute approximate surface area is 107 Å². The topological polar surface area (TPSA) is 20.3 Å². The highest BCUT2D eigenvalue weighted by atomic mass is 19.1. The summed E-state index contributed by atoms with van der Waals surface area (Å²) in [5, 5.41) is 0. The van der Waals surface area contributed by atoms with Gasteiger partial charge in [-0.3, -0.25) is 9.69 Å². The summed E-state index contributed by atoms with van der Waals surface area (Å²) in [6.07, 6.45) is 0.928. The van der Waals surface area contributed by atoms with Crippen LogP contribution in [0.15, 0.2) is 18.2 Å². The predicted molar refractivity (Wildman–Crippen MR) is 67.7 cm³/mol. The maximum Gasteiger partial charge on any atom is 0.179 e. The fourth-order valence-corrected chi connectivity index (χ4v) is 1.79. The number of carbonyl (C=O) groups excluding carboxylic acids is 1. The van der Waals surface area contributed by atoms with Gasteiger partial charge in [-0.15, -0.1) is 0 Å². The standard InChI is InChI=1S/C14H19F2NO/c1-4-7-17(10(2)3)9-14(18)12-6-5-11(15)8-13(12)16/h5-6,8,10H,4,7,9H2,1-3H3. The Morgan fingerprint density at radius 3 is 2.50 bits per heavy atom. The molecule has 18 heavy (non-hydrogen) atoms. The molecule has 0 amide bonds. The normalized spacial score (nSPS) is 11.3. The molecule has 2 nitrogen and oxygen atoms in total. The Hall–Kier alpha value is -1.29. The van der Waals surface area contributed by atoms with Crippen molar-refractivity contribution in [2.24, 2.45) is 0 Å². The average Bonchev–Trinajstić information content (AvgIpc) is 2.27. The molecule has 100 valence electrons. The van der Waals surface area contributed by atoms with E-state index in [4.69, 9.17) is 0 Å². The van der Waals surface area contributed by atoms with E-state index in [0.29, 0.717) is 0 Å². The zero-order valence-electron chi connectivity index (χ0n) is 11.0. The SMILES string of the molecule is CCCN(CC(=O)c1ccc(F)cc1F)C(C)C. The number of Topliss-reactive ketones (excluding diaryl/α,β-unsaturated/α-hetero) is 1. The second-order valence-corrected chi connectivity index (χ2v) is 4.61. The van der Waals surface area contributed by atoms with E-state index in [1.54, 1.807) is 0 Å². The molecule has 0 radical (unpaired) electrons. The van der Waals surface area contributed by atoms with Crippen molar-refractivity contribution >= 4 is 5.78 Å². The van der Waals surface area contributed by atoms with E-state index in [1.807, 2.05) is 25.7 Å². The minimum Gasteiger partial charge on any atom is -0.293 e. The molecule has 0 aromatic heterocycles. The number of carbonyl (C=O) groups is 1. The Morgan fingerprint density at radius 1 is 1.33 bits per heavy atom. The molecule has 0 saturated carbocycles. The third-order valence-corrected chi connectivity index (χ3v) is 2.82. The van der Waals surface area contributed by atoms with Gasteiger partial charge in [0.2, 0.25) is 0 Å². The molecule has 1 aromatic rings. The van der Waals surface area contributed by atoms with Crippen molar-refractivity contribution in [2.75, 3.05) is 13.1 Å². The van der Waals surface area contributed by atoms with Gasteiger partial charge in [0.1, 0.15) is 11.6 Å². The first-order valence-electron chi connectivity index (χ1n) is 6.18. The molecule has 0 unspecified atom stereocenters. The summed E-state index contributed by atoms with van der Waals surface area (Å²) in [4.78, 5) is 13.9. The van der Waals surface area contributed by atoms with E-state index in [9.17, 15) is 13.6 Å². The molecule has 4 heteroatoms. The van der Waals surface area contributed by atoms with Gasteiger partial charge in [0.05, 0.1) is 12.1 Å². The van der Waals surface area contributed by atoms with Crippen LogP contribution in [0.4, 0.5) is 8.78 Å². The van der Waals surface area contributed by atoms with E-state index in [0.717, 1.165) is 25.1 Å². The third-order valence-electron chi connectivity index (χ3n) is 2.82. The van der Waals surface area contributed by atoms with E-state index >= 15 is 0 Å². The molecule has 0 bridgehead atoms. The summed E-state index contributed by atoms with van der Waals surface area (Å²) in [6.45, 7) is 6.95. The van der Waals surface area contributed by atoms with Crippen LogP contribution < -0.4 is 0 Å². The summed E-state index contributed by atoms with van der Waals surface area (Å²) >= 11 is 0. The van der Waals surface area contributed by atoms with Crippen LogP contribution in [-0.4, -0.2) is 29.8 Å². The van der Waals surface area contributed by atoms with E-state index in [-0.39, 0.29) is 23.9 Å². The lowest BCUT2D eigenvalue weighted by molar-refractivity contribution is 0.0902.